The van der Waals surface area contributed by atoms with E-state index in [0.29, 0.717) is 19.4 Å². The molecule has 2 aromatic carbocycles. The summed E-state index contributed by atoms with van der Waals surface area (Å²) in [5.41, 5.74) is 4.20. The summed E-state index contributed by atoms with van der Waals surface area (Å²) < 4.78 is 5.56. The Hall–Kier alpha value is -3.35. The Bertz CT molecular complexity index is 1010. The van der Waals surface area contributed by atoms with Crippen LogP contribution in [-0.2, 0) is 14.3 Å². The van der Waals surface area contributed by atoms with Crippen molar-refractivity contribution in [2.24, 2.45) is 11.3 Å². The van der Waals surface area contributed by atoms with E-state index in [1.807, 2.05) is 38.1 Å². The van der Waals surface area contributed by atoms with Crippen molar-refractivity contribution in [3.05, 3.63) is 59.7 Å². The Balaban J connectivity index is 1.24. The second-order valence-electron chi connectivity index (χ2n) is 9.79. The third-order valence-electron chi connectivity index (χ3n) is 6.55. The molecule has 33 heavy (non-hydrogen) atoms. The van der Waals surface area contributed by atoms with Crippen LogP contribution in [0.5, 0.6) is 0 Å². The molecule has 0 saturated heterocycles. The summed E-state index contributed by atoms with van der Waals surface area (Å²) >= 11 is 0. The van der Waals surface area contributed by atoms with Gasteiger partial charge in [-0.25, -0.2) is 4.79 Å². The third-order valence-corrected chi connectivity index (χ3v) is 6.55. The molecule has 1 saturated carbocycles. The highest BCUT2D eigenvalue weighted by Crippen LogP contribution is 2.44. The predicted molar refractivity (Wildman–Crippen MR) is 124 cm³/mol. The van der Waals surface area contributed by atoms with Crippen molar-refractivity contribution in [3.63, 3.8) is 0 Å². The van der Waals surface area contributed by atoms with Gasteiger partial charge in [0.2, 0.25) is 5.91 Å². The van der Waals surface area contributed by atoms with Crippen LogP contribution in [0.15, 0.2) is 48.5 Å². The summed E-state index contributed by atoms with van der Waals surface area (Å²) in [6.07, 6.45) is 0.665. The molecule has 0 radical (unpaired) electrons. The molecule has 174 valence electrons. The molecule has 0 aromatic heterocycles. The van der Waals surface area contributed by atoms with E-state index in [9.17, 15) is 14.4 Å². The standard InChI is InChI=1S/C26H30N2O5/c1-26(2,13-23(29)28-17-11-16(12-17)24(30)31)15-27-25(32)33-14-22-20-9-5-3-7-18(20)19-8-4-6-10-21(19)22/h3-10,16-17,22H,11-15H2,1-2H3,(H,27,32)(H,28,29)(H,30,31). The minimum absolute atomic E-state index is 0.000886. The Morgan fingerprint density at radius 2 is 1.58 bits per heavy atom. The van der Waals surface area contributed by atoms with Gasteiger partial charge < -0.3 is 20.5 Å². The SMILES string of the molecule is CC(C)(CNC(=O)OCC1c2ccccc2-c2ccccc21)CC(=O)NC1CC(C(=O)O)C1. The maximum atomic E-state index is 12.4. The number of carbonyl (C=O) groups is 3. The lowest BCUT2D eigenvalue weighted by atomic mass is 9.80. The van der Waals surface area contributed by atoms with Crippen molar-refractivity contribution in [2.75, 3.05) is 13.2 Å². The topological polar surface area (TPSA) is 105 Å². The molecule has 2 aliphatic rings. The maximum Gasteiger partial charge on any atom is 0.407 e. The zero-order valence-electron chi connectivity index (χ0n) is 19.0. The van der Waals surface area contributed by atoms with E-state index in [0.717, 1.165) is 11.1 Å². The Kier molecular flexibility index (Phi) is 6.40. The van der Waals surface area contributed by atoms with Gasteiger partial charge >= 0.3 is 12.1 Å². The van der Waals surface area contributed by atoms with E-state index in [2.05, 4.69) is 34.9 Å². The summed E-state index contributed by atoms with van der Waals surface area (Å²) in [4.78, 5) is 35.6. The van der Waals surface area contributed by atoms with E-state index in [4.69, 9.17) is 9.84 Å². The fourth-order valence-electron chi connectivity index (χ4n) is 4.67. The molecule has 2 aromatic rings. The molecular weight excluding hydrogens is 420 g/mol. The second kappa shape index (κ2) is 9.25. The molecule has 2 aliphatic carbocycles. The van der Waals surface area contributed by atoms with Gasteiger partial charge in [-0.3, -0.25) is 9.59 Å². The average Bonchev–Trinajstić information content (AvgIpc) is 3.06. The van der Waals surface area contributed by atoms with Gasteiger partial charge in [-0.05, 0) is 40.5 Å². The predicted octanol–water partition coefficient (Wildman–Crippen LogP) is 3.92. The number of alkyl carbamates (subject to hydrolysis) is 1. The number of hydrogen-bond acceptors (Lipinski definition) is 4. The fourth-order valence-corrected chi connectivity index (χ4v) is 4.67. The number of rotatable bonds is 8. The fraction of sp³-hybridized carbons (Fsp3) is 0.423. The number of hydrogen-bond donors (Lipinski definition) is 3. The minimum atomic E-state index is -0.812. The van der Waals surface area contributed by atoms with Crippen molar-refractivity contribution in [2.45, 2.75) is 45.1 Å². The van der Waals surface area contributed by atoms with Gasteiger partial charge in [0.05, 0.1) is 5.92 Å². The van der Waals surface area contributed by atoms with Crippen LogP contribution < -0.4 is 10.6 Å². The lowest BCUT2D eigenvalue weighted by Crippen LogP contribution is -2.48. The summed E-state index contributed by atoms with van der Waals surface area (Å²) in [5, 5.41) is 14.6. The maximum absolute atomic E-state index is 12.4. The van der Waals surface area contributed by atoms with Gasteiger partial charge in [-0.2, -0.15) is 0 Å². The smallest absolute Gasteiger partial charge is 0.407 e. The first-order chi connectivity index (χ1) is 15.7. The van der Waals surface area contributed by atoms with Crippen LogP contribution in [0, 0.1) is 11.3 Å². The van der Waals surface area contributed by atoms with Crippen LogP contribution in [0.25, 0.3) is 11.1 Å². The van der Waals surface area contributed by atoms with Crippen LogP contribution in [0.1, 0.15) is 50.2 Å². The highest BCUT2D eigenvalue weighted by Gasteiger charge is 2.36. The van der Waals surface area contributed by atoms with Gasteiger partial charge in [0.1, 0.15) is 6.61 Å². The Morgan fingerprint density at radius 3 is 2.15 bits per heavy atom. The minimum Gasteiger partial charge on any atom is -0.481 e. The molecule has 0 bridgehead atoms. The summed E-state index contributed by atoms with van der Waals surface area (Å²) in [7, 11) is 0. The third kappa shape index (κ3) is 5.18. The molecular formula is C26H30N2O5. The van der Waals surface area contributed by atoms with Gasteiger partial charge in [-0.15, -0.1) is 0 Å². The molecule has 3 N–H and O–H groups in total. The molecule has 0 unspecified atom stereocenters. The number of ether oxygens (including phenoxy) is 1. The quantitative estimate of drug-likeness (QED) is 0.565. The zero-order valence-corrected chi connectivity index (χ0v) is 19.0. The number of aliphatic carboxylic acids is 1. The van der Waals surface area contributed by atoms with E-state index in [1.165, 1.54) is 11.1 Å². The Morgan fingerprint density at radius 1 is 1.00 bits per heavy atom. The molecule has 7 heteroatoms. The second-order valence-corrected chi connectivity index (χ2v) is 9.79. The van der Waals surface area contributed by atoms with Crippen LogP contribution in [0.3, 0.4) is 0 Å². The van der Waals surface area contributed by atoms with E-state index < -0.39 is 17.5 Å². The average molecular weight is 451 g/mol. The number of fused-ring (bicyclic) bond motifs is 3. The molecule has 0 spiro atoms. The van der Waals surface area contributed by atoms with E-state index in [-0.39, 0.29) is 36.8 Å². The summed E-state index contributed by atoms with van der Waals surface area (Å²) in [6.45, 7) is 4.33. The van der Waals surface area contributed by atoms with Crippen molar-refractivity contribution < 1.29 is 24.2 Å². The Labute approximate surface area is 193 Å². The highest BCUT2D eigenvalue weighted by atomic mass is 16.5. The number of carboxylic acids is 1. The van der Waals surface area contributed by atoms with Crippen molar-refractivity contribution in [1.29, 1.82) is 0 Å². The van der Waals surface area contributed by atoms with Crippen LogP contribution >= 0.6 is 0 Å². The molecule has 0 atom stereocenters. The number of amides is 2. The van der Waals surface area contributed by atoms with E-state index >= 15 is 0 Å². The monoisotopic (exact) mass is 450 g/mol. The molecule has 7 nitrogen and oxygen atoms in total. The molecule has 1 fully saturated rings. The van der Waals surface area contributed by atoms with Gasteiger partial charge in [-0.1, -0.05) is 62.4 Å². The molecule has 0 aliphatic heterocycles. The van der Waals surface area contributed by atoms with Crippen LogP contribution in [0.2, 0.25) is 0 Å². The zero-order chi connectivity index (χ0) is 23.6. The summed E-state index contributed by atoms with van der Waals surface area (Å²) in [5.74, 6) is -1.31. The lowest BCUT2D eigenvalue weighted by molar-refractivity contribution is -0.146. The van der Waals surface area contributed by atoms with Gasteiger partial charge in [0.25, 0.3) is 0 Å². The van der Waals surface area contributed by atoms with Gasteiger partial charge in [0.15, 0.2) is 0 Å². The molecule has 4 rings (SSSR count). The summed E-state index contributed by atoms with van der Waals surface area (Å²) in [6, 6.07) is 16.3. The van der Waals surface area contributed by atoms with E-state index in [1.54, 1.807) is 0 Å². The molecule has 0 heterocycles. The lowest BCUT2D eigenvalue weighted by Gasteiger charge is -2.34. The van der Waals surface area contributed by atoms with Crippen molar-refractivity contribution >= 4 is 18.0 Å². The van der Waals surface area contributed by atoms with Crippen LogP contribution in [0.4, 0.5) is 4.79 Å². The van der Waals surface area contributed by atoms with Crippen LogP contribution in [-0.4, -0.2) is 42.3 Å². The number of benzene rings is 2. The largest absolute Gasteiger partial charge is 0.481 e. The first kappa shape index (κ1) is 22.8. The highest BCUT2D eigenvalue weighted by molar-refractivity contribution is 5.79. The number of carbonyl (C=O) groups excluding carboxylic acids is 2. The number of nitrogens with one attached hydrogen (secondary N) is 2. The normalized spacial score (nSPS) is 19.1. The van der Waals surface area contributed by atoms with Crippen molar-refractivity contribution in [1.82, 2.24) is 10.6 Å². The number of carboxylic acid groups (broad SMARTS) is 1. The van der Waals surface area contributed by atoms with Gasteiger partial charge in [0, 0.05) is 24.9 Å². The van der Waals surface area contributed by atoms with Crippen molar-refractivity contribution in [3.8, 4) is 11.1 Å². The first-order valence-electron chi connectivity index (χ1n) is 11.3. The first-order valence-corrected chi connectivity index (χ1v) is 11.3. The molecule has 2 amide bonds.